The zero-order valence-electron chi connectivity index (χ0n) is 11.0. The van der Waals surface area contributed by atoms with E-state index in [0.29, 0.717) is 0 Å². The summed E-state index contributed by atoms with van der Waals surface area (Å²) in [6, 6.07) is 3.89. The minimum atomic E-state index is -1.23. The zero-order chi connectivity index (χ0) is 14.4. The number of aromatic carboxylic acids is 1. The lowest BCUT2D eigenvalue weighted by Gasteiger charge is -2.15. The monoisotopic (exact) mass is 267 g/mol. The van der Waals surface area contributed by atoms with Crippen LogP contribution < -0.4 is 4.74 Å². The average molecular weight is 267 g/mol. The molecule has 1 N–H and O–H groups in total. The molecule has 0 aliphatic rings. The molecular weight excluding hydrogens is 250 g/mol. The van der Waals surface area contributed by atoms with Gasteiger partial charge in [0.1, 0.15) is 5.56 Å². The third-order valence-electron chi connectivity index (χ3n) is 3.04. The third-order valence-corrected chi connectivity index (χ3v) is 3.04. The molecule has 0 heterocycles. The summed E-state index contributed by atoms with van der Waals surface area (Å²) in [5.74, 6) is -1.14. The maximum absolute atomic E-state index is 11.1. The summed E-state index contributed by atoms with van der Waals surface area (Å²) in [7, 11) is 0. The number of nitrogens with zero attached hydrogens (tertiary/aromatic N) is 1. The van der Waals surface area contributed by atoms with Gasteiger partial charge in [-0.25, -0.2) is 4.79 Å². The van der Waals surface area contributed by atoms with E-state index in [4.69, 9.17) is 9.84 Å². The van der Waals surface area contributed by atoms with Gasteiger partial charge in [0.2, 0.25) is 5.75 Å². The molecule has 0 atom stereocenters. The number of ether oxygens (including phenoxy) is 1. The van der Waals surface area contributed by atoms with Crippen molar-refractivity contribution in [2.24, 2.45) is 5.92 Å². The SMILES string of the molecule is CCC(CC)COc1c(C(=O)O)cccc1[N+](=O)[O-]. The third kappa shape index (κ3) is 3.67. The maximum Gasteiger partial charge on any atom is 0.339 e. The Bertz CT molecular complexity index is 436. The largest absolute Gasteiger partial charge is 0.486 e. The van der Waals surface area contributed by atoms with Gasteiger partial charge in [-0.2, -0.15) is 0 Å². The number of hydrogen-bond acceptors (Lipinski definition) is 4. The minimum Gasteiger partial charge on any atom is -0.486 e. The van der Waals surface area contributed by atoms with Crippen LogP contribution in [0.25, 0.3) is 0 Å². The van der Waals surface area contributed by atoms with Crippen LogP contribution in [0.15, 0.2) is 18.2 Å². The van der Waals surface area contributed by atoms with Crippen LogP contribution in [0.3, 0.4) is 0 Å². The van der Waals surface area contributed by atoms with Crippen LogP contribution in [0.4, 0.5) is 5.69 Å². The number of carbonyl (C=O) groups is 1. The highest BCUT2D eigenvalue weighted by molar-refractivity contribution is 5.92. The number of rotatable bonds is 7. The van der Waals surface area contributed by atoms with Gasteiger partial charge in [0.15, 0.2) is 0 Å². The first-order chi connectivity index (χ1) is 9.01. The smallest absolute Gasteiger partial charge is 0.339 e. The molecule has 0 spiro atoms. The van der Waals surface area contributed by atoms with Crippen LogP contribution in [0.2, 0.25) is 0 Å². The van der Waals surface area contributed by atoms with E-state index >= 15 is 0 Å². The van der Waals surface area contributed by atoms with Crippen molar-refractivity contribution in [3.63, 3.8) is 0 Å². The number of para-hydroxylation sites is 1. The number of benzene rings is 1. The Kier molecular flexibility index (Phi) is 5.29. The second-order valence-electron chi connectivity index (χ2n) is 4.21. The van der Waals surface area contributed by atoms with Crippen molar-refractivity contribution in [3.8, 4) is 5.75 Å². The standard InChI is InChI=1S/C13H17NO5/c1-3-9(4-2)8-19-12-10(13(15)16)6-5-7-11(12)14(17)18/h5-7,9H,3-4,8H2,1-2H3,(H,15,16). The summed E-state index contributed by atoms with van der Waals surface area (Å²) in [6.07, 6.45) is 1.75. The lowest BCUT2D eigenvalue weighted by molar-refractivity contribution is -0.385. The van der Waals surface area contributed by atoms with Crippen LogP contribution in [0.1, 0.15) is 37.0 Å². The van der Waals surface area contributed by atoms with Crippen LogP contribution >= 0.6 is 0 Å². The van der Waals surface area contributed by atoms with Gasteiger partial charge in [-0.3, -0.25) is 10.1 Å². The highest BCUT2D eigenvalue weighted by Crippen LogP contribution is 2.31. The molecule has 0 aliphatic carbocycles. The molecule has 6 heteroatoms. The molecule has 0 fully saturated rings. The summed E-state index contributed by atoms with van der Waals surface area (Å²) in [6.45, 7) is 4.27. The molecule has 1 rings (SSSR count). The van der Waals surface area contributed by atoms with E-state index in [-0.39, 0.29) is 29.5 Å². The van der Waals surface area contributed by atoms with Gasteiger partial charge >= 0.3 is 11.7 Å². The Balaban J connectivity index is 3.07. The number of nitro benzene ring substituents is 1. The van der Waals surface area contributed by atoms with Gasteiger partial charge in [-0.05, 0) is 12.0 Å². The van der Waals surface area contributed by atoms with Crippen LogP contribution in [0.5, 0.6) is 5.75 Å². The summed E-state index contributed by atoms with van der Waals surface area (Å²) in [4.78, 5) is 21.4. The lowest BCUT2D eigenvalue weighted by Crippen LogP contribution is -2.13. The zero-order valence-corrected chi connectivity index (χ0v) is 11.0. The molecule has 1 aromatic rings. The summed E-state index contributed by atoms with van der Waals surface area (Å²) in [5.41, 5.74) is -0.494. The molecule has 0 saturated heterocycles. The number of hydrogen-bond donors (Lipinski definition) is 1. The molecule has 104 valence electrons. The fourth-order valence-corrected chi connectivity index (χ4v) is 1.71. The molecule has 0 aromatic heterocycles. The second kappa shape index (κ2) is 6.72. The molecule has 0 unspecified atom stereocenters. The molecular formula is C13H17NO5. The number of carboxylic acids is 1. The van der Waals surface area contributed by atoms with Crippen LogP contribution in [-0.4, -0.2) is 22.6 Å². The number of nitro groups is 1. The van der Waals surface area contributed by atoms with Crippen molar-refractivity contribution < 1.29 is 19.6 Å². The fraction of sp³-hybridized carbons (Fsp3) is 0.462. The van der Waals surface area contributed by atoms with Gasteiger partial charge < -0.3 is 9.84 Å². The topological polar surface area (TPSA) is 89.7 Å². The van der Waals surface area contributed by atoms with Crippen molar-refractivity contribution in [1.82, 2.24) is 0 Å². The molecule has 0 saturated carbocycles. The molecule has 19 heavy (non-hydrogen) atoms. The van der Waals surface area contributed by atoms with E-state index in [1.165, 1.54) is 18.2 Å². The van der Waals surface area contributed by atoms with Gasteiger partial charge in [-0.1, -0.05) is 32.8 Å². The first-order valence-electron chi connectivity index (χ1n) is 6.14. The van der Waals surface area contributed by atoms with Crippen LogP contribution in [-0.2, 0) is 0 Å². The van der Waals surface area contributed by atoms with Crippen molar-refractivity contribution in [3.05, 3.63) is 33.9 Å². The highest BCUT2D eigenvalue weighted by Gasteiger charge is 2.23. The Morgan fingerprint density at radius 3 is 2.53 bits per heavy atom. The Morgan fingerprint density at radius 2 is 2.05 bits per heavy atom. The number of carboxylic acid groups (broad SMARTS) is 1. The molecule has 0 amide bonds. The van der Waals surface area contributed by atoms with E-state index < -0.39 is 10.9 Å². The van der Waals surface area contributed by atoms with Crippen LogP contribution in [0, 0.1) is 16.0 Å². The molecule has 0 aliphatic heterocycles. The molecule has 6 nitrogen and oxygen atoms in total. The fourth-order valence-electron chi connectivity index (χ4n) is 1.71. The predicted octanol–water partition coefficient (Wildman–Crippen LogP) is 3.11. The van der Waals surface area contributed by atoms with E-state index in [1.54, 1.807) is 0 Å². The van der Waals surface area contributed by atoms with E-state index in [2.05, 4.69) is 0 Å². The maximum atomic E-state index is 11.1. The van der Waals surface area contributed by atoms with Gasteiger partial charge in [0.25, 0.3) is 0 Å². The van der Waals surface area contributed by atoms with Crippen molar-refractivity contribution in [2.75, 3.05) is 6.61 Å². The van der Waals surface area contributed by atoms with E-state index in [0.717, 1.165) is 12.8 Å². The summed E-state index contributed by atoms with van der Waals surface area (Å²) < 4.78 is 5.41. The van der Waals surface area contributed by atoms with Crippen molar-refractivity contribution in [2.45, 2.75) is 26.7 Å². The first-order valence-corrected chi connectivity index (χ1v) is 6.14. The van der Waals surface area contributed by atoms with Gasteiger partial charge in [-0.15, -0.1) is 0 Å². The van der Waals surface area contributed by atoms with E-state index in [9.17, 15) is 14.9 Å². The van der Waals surface area contributed by atoms with Gasteiger partial charge in [0, 0.05) is 6.07 Å². The normalized spacial score (nSPS) is 10.5. The second-order valence-corrected chi connectivity index (χ2v) is 4.21. The lowest BCUT2D eigenvalue weighted by atomic mass is 10.1. The molecule has 1 aromatic carbocycles. The van der Waals surface area contributed by atoms with E-state index in [1.807, 2.05) is 13.8 Å². The Hall–Kier alpha value is -2.11. The average Bonchev–Trinajstić information content (AvgIpc) is 2.39. The highest BCUT2D eigenvalue weighted by atomic mass is 16.6. The minimum absolute atomic E-state index is 0.160. The summed E-state index contributed by atoms with van der Waals surface area (Å²) in [5, 5.41) is 20.0. The first kappa shape index (κ1) is 14.9. The predicted molar refractivity (Wildman–Crippen MR) is 69.6 cm³/mol. The molecule has 0 bridgehead atoms. The summed E-state index contributed by atoms with van der Waals surface area (Å²) >= 11 is 0. The Morgan fingerprint density at radius 1 is 1.42 bits per heavy atom. The van der Waals surface area contributed by atoms with Gasteiger partial charge in [0.05, 0.1) is 11.5 Å². The van der Waals surface area contributed by atoms with Crippen molar-refractivity contribution >= 4 is 11.7 Å². The van der Waals surface area contributed by atoms with Crippen molar-refractivity contribution in [1.29, 1.82) is 0 Å². The Labute approximate surface area is 111 Å². The molecule has 0 radical (unpaired) electrons. The quantitative estimate of drug-likeness (QED) is 0.605.